The van der Waals surface area contributed by atoms with Crippen molar-refractivity contribution in [2.24, 2.45) is 23.7 Å². The number of methoxy groups -OCH3 is 2. The number of fused-ring (bicyclic) bond motifs is 8. The van der Waals surface area contributed by atoms with Gasteiger partial charge in [0.2, 0.25) is 0 Å². The van der Waals surface area contributed by atoms with Gasteiger partial charge >= 0.3 is 11.9 Å². The van der Waals surface area contributed by atoms with Gasteiger partial charge in [-0.2, -0.15) is 0 Å². The van der Waals surface area contributed by atoms with Gasteiger partial charge in [0, 0.05) is 31.0 Å². The molecule has 0 spiro atoms. The summed E-state index contributed by atoms with van der Waals surface area (Å²) < 4.78 is 29.3. The van der Waals surface area contributed by atoms with Crippen LogP contribution in [0.3, 0.4) is 0 Å². The van der Waals surface area contributed by atoms with E-state index in [2.05, 4.69) is 0 Å². The molecular weight excluding hydrogens is 550 g/mol. The standard InChI is InChI=1S/C30H31NO11/c1-31(39-4)26(33)21-22(13-8-6-5-7-9-13)30(15-12-16-19-20(24(15)40-16)28(35)41-27(19)34)29(36,25(21)32)23-17(38-3)10-14(37-2)11-18(23)42-30/h5-11,15-16,19-22,24-25,32,36H,12H2,1-4H3/t15?,16?,19?,20?,21-,22?,24?,25-,29?,30?/m1/s1. The number of carbonyl (C=O) groups excluding carboxylic acids is 3. The average Bonchev–Trinajstić information content (AvgIpc) is 3.77. The lowest BCUT2D eigenvalue weighted by Crippen LogP contribution is -2.62. The van der Waals surface area contributed by atoms with Crippen LogP contribution in [0.2, 0.25) is 0 Å². The molecule has 8 unspecified atom stereocenters. The Bertz CT molecular complexity index is 1480. The van der Waals surface area contributed by atoms with Gasteiger partial charge in [-0.05, 0) is 12.0 Å². The largest absolute Gasteiger partial charge is 0.496 e. The minimum absolute atomic E-state index is 0.152. The normalized spacial score (nSPS) is 38.9. The number of carbonyl (C=O) groups is 3. The van der Waals surface area contributed by atoms with E-state index in [-0.39, 0.29) is 23.5 Å². The fraction of sp³-hybridized carbons (Fsp3) is 0.500. The third-order valence-corrected chi connectivity index (χ3v) is 10.0. The summed E-state index contributed by atoms with van der Waals surface area (Å²) in [4.78, 5) is 44.7. The molecule has 2 aromatic carbocycles. The maximum Gasteiger partial charge on any atom is 0.320 e. The van der Waals surface area contributed by atoms with Crippen LogP contribution in [0.25, 0.3) is 0 Å². The highest BCUT2D eigenvalue weighted by atomic mass is 16.7. The summed E-state index contributed by atoms with van der Waals surface area (Å²) >= 11 is 0. The second-order valence-electron chi connectivity index (χ2n) is 11.5. The predicted molar refractivity (Wildman–Crippen MR) is 140 cm³/mol. The molecule has 0 radical (unpaired) electrons. The number of amides is 1. The number of rotatable bonds is 6. The van der Waals surface area contributed by atoms with Gasteiger partial charge in [-0.15, -0.1) is 0 Å². The van der Waals surface area contributed by atoms with Crippen molar-refractivity contribution < 1.29 is 53.1 Å². The highest BCUT2D eigenvalue weighted by Gasteiger charge is 2.83. The summed E-state index contributed by atoms with van der Waals surface area (Å²) in [5.74, 6) is -5.80. The Morgan fingerprint density at radius 1 is 1.05 bits per heavy atom. The van der Waals surface area contributed by atoms with Crippen LogP contribution >= 0.6 is 0 Å². The van der Waals surface area contributed by atoms with Gasteiger partial charge in [0.25, 0.3) is 5.91 Å². The summed E-state index contributed by atoms with van der Waals surface area (Å²) in [6.45, 7) is 0. The summed E-state index contributed by atoms with van der Waals surface area (Å²) in [5, 5.41) is 26.3. The van der Waals surface area contributed by atoms with Crippen molar-refractivity contribution in [3.05, 3.63) is 53.6 Å². The first kappa shape index (κ1) is 27.1. The molecule has 4 fully saturated rings. The molecule has 12 nitrogen and oxygen atoms in total. The number of benzene rings is 2. The Labute approximate surface area is 240 Å². The number of hydrogen-bond acceptors (Lipinski definition) is 11. The van der Waals surface area contributed by atoms with E-state index >= 15 is 0 Å². The Morgan fingerprint density at radius 3 is 2.43 bits per heavy atom. The van der Waals surface area contributed by atoms with Gasteiger partial charge in [-0.25, -0.2) is 5.06 Å². The second-order valence-corrected chi connectivity index (χ2v) is 11.5. The van der Waals surface area contributed by atoms with Gasteiger partial charge in [-0.3, -0.25) is 19.2 Å². The van der Waals surface area contributed by atoms with Crippen molar-refractivity contribution >= 4 is 17.8 Å². The fourth-order valence-electron chi connectivity index (χ4n) is 8.40. The number of aliphatic hydroxyl groups excluding tert-OH is 1. The number of hydrogen-bond donors (Lipinski definition) is 2. The van der Waals surface area contributed by atoms with Crippen molar-refractivity contribution in [2.45, 2.75) is 41.9 Å². The Morgan fingerprint density at radius 2 is 1.76 bits per heavy atom. The average molecular weight is 582 g/mol. The van der Waals surface area contributed by atoms with Crippen molar-refractivity contribution in [3.8, 4) is 17.2 Å². The van der Waals surface area contributed by atoms with Crippen molar-refractivity contribution in [1.29, 1.82) is 0 Å². The highest BCUT2D eigenvalue weighted by Crippen LogP contribution is 2.72. The molecule has 5 aliphatic rings. The van der Waals surface area contributed by atoms with E-state index in [1.807, 2.05) is 6.07 Å². The third kappa shape index (κ3) is 3.12. The van der Waals surface area contributed by atoms with Crippen LogP contribution in [0.15, 0.2) is 42.5 Å². The van der Waals surface area contributed by atoms with Crippen molar-refractivity contribution in [1.82, 2.24) is 5.06 Å². The van der Waals surface area contributed by atoms with E-state index in [4.69, 9.17) is 28.5 Å². The zero-order valence-corrected chi connectivity index (χ0v) is 23.4. The first-order valence-electron chi connectivity index (χ1n) is 13.8. The van der Waals surface area contributed by atoms with Crippen LogP contribution in [0, 0.1) is 23.7 Å². The molecular formula is C30H31NO11. The molecule has 7 rings (SSSR count). The van der Waals surface area contributed by atoms with Crippen molar-refractivity contribution in [3.63, 3.8) is 0 Å². The lowest BCUT2D eigenvalue weighted by molar-refractivity contribution is -0.186. The topological polar surface area (TPSA) is 150 Å². The molecule has 1 amide bonds. The van der Waals surface area contributed by atoms with Crippen LogP contribution in [0.1, 0.15) is 23.5 Å². The Hall–Kier alpha value is -3.71. The lowest BCUT2D eigenvalue weighted by Gasteiger charge is -2.47. The summed E-state index contributed by atoms with van der Waals surface area (Å²) in [5.41, 5.74) is -3.24. The van der Waals surface area contributed by atoms with E-state index in [9.17, 15) is 24.6 Å². The predicted octanol–water partition coefficient (Wildman–Crippen LogP) is 0.920. The van der Waals surface area contributed by atoms with E-state index in [0.29, 0.717) is 11.3 Å². The van der Waals surface area contributed by atoms with Crippen LogP contribution in [-0.2, 0) is 34.3 Å². The zero-order valence-electron chi connectivity index (χ0n) is 23.4. The van der Waals surface area contributed by atoms with Crippen molar-refractivity contribution in [2.75, 3.05) is 28.4 Å². The van der Waals surface area contributed by atoms with E-state index in [1.54, 1.807) is 36.4 Å². The Balaban J connectivity index is 1.51. The molecule has 4 heterocycles. The first-order valence-corrected chi connectivity index (χ1v) is 13.8. The highest BCUT2D eigenvalue weighted by molar-refractivity contribution is 5.98. The molecule has 10 atom stereocenters. The molecule has 2 N–H and O–H groups in total. The number of hydroxylamine groups is 2. The molecule has 222 valence electrons. The number of cyclic esters (lactones) is 2. The molecule has 0 aromatic heterocycles. The van der Waals surface area contributed by atoms with Gasteiger partial charge in [0.05, 0.1) is 56.9 Å². The van der Waals surface area contributed by atoms with Crippen LogP contribution in [0.4, 0.5) is 0 Å². The Kier molecular flexibility index (Phi) is 5.91. The fourth-order valence-corrected chi connectivity index (χ4v) is 8.40. The summed E-state index contributed by atoms with van der Waals surface area (Å²) in [6.07, 6.45) is -3.07. The van der Waals surface area contributed by atoms with Gasteiger partial charge in [0.15, 0.2) is 11.2 Å². The SMILES string of the molecule is COc1cc(OC)c2c(c1)OC1(C3CC4OC3C3C(=O)OC(=O)C43)C(c3ccccc3)[C@@H](C(=O)N(C)OC)[C@@H](O)C21O. The molecule has 2 bridgehead atoms. The third-order valence-electron chi connectivity index (χ3n) is 10.0. The number of aliphatic hydroxyl groups is 2. The smallest absolute Gasteiger partial charge is 0.320 e. The monoisotopic (exact) mass is 581 g/mol. The summed E-state index contributed by atoms with van der Waals surface area (Å²) in [7, 11) is 5.65. The van der Waals surface area contributed by atoms with Crippen LogP contribution in [-0.4, -0.2) is 85.4 Å². The number of nitrogens with zero attached hydrogens (tertiary/aromatic N) is 1. The molecule has 3 saturated heterocycles. The molecule has 12 heteroatoms. The maximum atomic E-state index is 14.0. The number of ether oxygens (including phenoxy) is 5. The first-order chi connectivity index (χ1) is 20.1. The molecule has 2 aromatic rings. The molecule has 1 aliphatic carbocycles. The van der Waals surface area contributed by atoms with E-state index in [1.165, 1.54) is 28.4 Å². The molecule has 42 heavy (non-hydrogen) atoms. The summed E-state index contributed by atoms with van der Waals surface area (Å²) in [6, 6.07) is 12.2. The van der Waals surface area contributed by atoms with Gasteiger partial charge in [0.1, 0.15) is 23.4 Å². The van der Waals surface area contributed by atoms with E-state index < -0.39 is 76.9 Å². The van der Waals surface area contributed by atoms with E-state index in [0.717, 1.165) is 5.06 Å². The maximum absolute atomic E-state index is 14.0. The van der Waals surface area contributed by atoms with Gasteiger partial charge < -0.3 is 33.9 Å². The minimum Gasteiger partial charge on any atom is -0.496 e. The van der Waals surface area contributed by atoms with Gasteiger partial charge in [-0.1, -0.05) is 30.3 Å². The quantitative estimate of drug-likeness (QED) is 0.285. The lowest BCUT2D eigenvalue weighted by atomic mass is 9.60. The number of esters is 2. The minimum atomic E-state index is -2.24. The second kappa shape index (κ2) is 9.14. The molecule has 4 aliphatic heterocycles. The zero-order chi connectivity index (χ0) is 29.7. The van der Waals surface area contributed by atoms with Crippen LogP contribution < -0.4 is 14.2 Å². The van der Waals surface area contributed by atoms with Crippen LogP contribution in [0.5, 0.6) is 17.2 Å². The molecule has 1 saturated carbocycles.